The maximum Gasteiger partial charge on any atom is 0.341 e. The van der Waals surface area contributed by atoms with Gasteiger partial charge in [0.2, 0.25) is 0 Å². The molecule has 8 nitrogen and oxygen atoms in total. The number of esters is 1. The van der Waals surface area contributed by atoms with E-state index in [1.807, 2.05) is 32.0 Å². The third kappa shape index (κ3) is 7.97. The van der Waals surface area contributed by atoms with Crippen molar-refractivity contribution in [1.29, 1.82) is 0 Å². The van der Waals surface area contributed by atoms with Crippen LogP contribution in [0.1, 0.15) is 41.3 Å². The predicted molar refractivity (Wildman–Crippen MR) is 131 cm³/mol. The van der Waals surface area contributed by atoms with Gasteiger partial charge in [0.1, 0.15) is 17.1 Å². The molecule has 0 aliphatic heterocycles. The summed E-state index contributed by atoms with van der Waals surface area (Å²) in [5.74, 6) is 2.90. The number of nitrogens with one attached hydrogen (secondary N) is 2. The summed E-state index contributed by atoms with van der Waals surface area (Å²) in [5.41, 5.74) is 1.56. The first kappa shape index (κ1) is 26.6. The molecule has 0 spiro atoms. The molecule has 0 aliphatic rings. The lowest BCUT2D eigenvalue weighted by Crippen LogP contribution is -2.37. The summed E-state index contributed by atoms with van der Waals surface area (Å²) in [6.45, 7) is 7.90. The Bertz CT molecular complexity index is 867. The Kier molecular flexibility index (Phi) is 11.8. The molecule has 1 aromatic heterocycles. The summed E-state index contributed by atoms with van der Waals surface area (Å²) >= 11 is 0. The SMILES string of the molecule is CCOc1ccc(CCNC(=NC)NCc2cc(C(=O)OC)c(C)o2)cc1OCC.I. The highest BCUT2D eigenvalue weighted by molar-refractivity contribution is 14.0. The van der Waals surface area contributed by atoms with E-state index in [0.717, 1.165) is 23.5 Å². The molecule has 0 atom stereocenters. The molecular weight excluding hydrogens is 513 g/mol. The second-order valence-electron chi connectivity index (χ2n) is 6.42. The molecule has 1 heterocycles. The van der Waals surface area contributed by atoms with Gasteiger partial charge >= 0.3 is 5.97 Å². The molecule has 172 valence electrons. The zero-order valence-electron chi connectivity index (χ0n) is 18.7. The molecule has 0 bridgehead atoms. The number of halogens is 1. The van der Waals surface area contributed by atoms with Gasteiger partial charge in [-0.1, -0.05) is 6.07 Å². The average Bonchev–Trinajstić information content (AvgIpc) is 3.12. The zero-order valence-corrected chi connectivity index (χ0v) is 21.1. The van der Waals surface area contributed by atoms with Gasteiger partial charge in [-0.05, 0) is 51.0 Å². The van der Waals surface area contributed by atoms with Crippen molar-refractivity contribution in [3.8, 4) is 11.5 Å². The number of aryl methyl sites for hydroxylation is 1. The number of benzene rings is 1. The minimum atomic E-state index is -0.410. The number of guanidine groups is 1. The molecule has 0 saturated carbocycles. The number of furan rings is 1. The molecule has 0 amide bonds. The van der Waals surface area contributed by atoms with Crippen LogP contribution >= 0.6 is 24.0 Å². The number of aliphatic imine (C=N–C) groups is 1. The summed E-state index contributed by atoms with van der Waals surface area (Å²) in [4.78, 5) is 15.9. The Balaban J connectivity index is 0.00000480. The van der Waals surface area contributed by atoms with Crippen LogP contribution in [0.25, 0.3) is 0 Å². The number of hydrogen-bond acceptors (Lipinski definition) is 6. The lowest BCUT2D eigenvalue weighted by molar-refractivity contribution is 0.0599. The van der Waals surface area contributed by atoms with Crippen molar-refractivity contribution in [1.82, 2.24) is 10.6 Å². The summed E-state index contributed by atoms with van der Waals surface area (Å²) in [5, 5.41) is 6.44. The molecule has 2 rings (SSSR count). The van der Waals surface area contributed by atoms with Gasteiger partial charge in [-0.2, -0.15) is 0 Å². The average molecular weight is 545 g/mol. The van der Waals surface area contributed by atoms with Gasteiger partial charge in [0.15, 0.2) is 17.5 Å². The van der Waals surface area contributed by atoms with Crippen LogP contribution in [0, 0.1) is 6.92 Å². The van der Waals surface area contributed by atoms with E-state index in [1.54, 1.807) is 20.0 Å². The first-order chi connectivity index (χ1) is 14.5. The summed E-state index contributed by atoms with van der Waals surface area (Å²) in [7, 11) is 3.05. The number of carbonyl (C=O) groups is 1. The fraction of sp³-hybridized carbons (Fsp3) is 0.455. The molecule has 0 fully saturated rings. The monoisotopic (exact) mass is 545 g/mol. The van der Waals surface area contributed by atoms with Crippen LogP contribution in [-0.4, -0.2) is 45.8 Å². The Morgan fingerprint density at radius 3 is 2.45 bits per heavy atom. The summed E-state index contributed by atoms with van der Waals surface area (Å²) in [6.07, 6.45) is 0.791. The second-order valence-corrected chi connectivity index (χ2v) is 6.42. The van der Waals surface area contributed by atoms with Crippen molar-refractivity contribution in [3.63, 3.8) is 0 Å². The van der Waals surface area contributed by atoms with Crippen LogP contribution in [0.3, 0.4) is 0 Å². The molecule has 2 aromatic rings. The number of rotatable bonds is 10. The number of nitrogens with zero attached hydrogens (tertiary/aromatic N) is 1. The normalized spacial score (nSPS) is 10.8. The Morgan fingerprint density at radius 1 is 1.10 bits per heavy atom. The van der Waals surface area contributed by atoms with Crippen LogP contribution in [0.4, 0.5) is 0 Å². The fourth-order valence-electron chi connectivity index (χ4n) is 2.91. The zero-order chi connectivity index (χ0) is 21.9. The molecule has 0 radical (unpaired) electrons. The van der Waals surface area contributed by atoms with Gasteiger partial charge in [-0.15, -0.1) is 24.0 Å². The minimum Gasteiger partial charge on any atom is -0.490 e. The van der Waals surface area contributed by atoms with Gasteiger partial charge in [0.05, 0.1) is 26.9 Å². The lowest BCUT2D eigenvalue weighted by atomic mass is 10.1. The van der Waals surface area contributed by atoms with Crippen LogP contribution in [-0.2, 0) is 17.7 Å². The Labute approximate surface area is 200 Å². The van der Waals surface area contributed by atoms with E-state index in [4.69, 9.17) is 18.6 Å². The molecule has 0 aliphatic carbocycles. The van der Waals surface area contributed by atoms with Crippen molar-refractivity contribution in [2.45, 2.75) is 33.7 Å². The smallest absolute Gasteiger partial charge is 0.341 e. The minimum absolute atomic E-state index is 0. The third-order valence-electron chi connectivity index (χ3n) is 4.34. The summed E-state index contributed by atoms with van der Waals surface area (Å²) < 4.78 is 21.6. The number of hydrogen-bond donors (Lipinski definition) is 2. The van der Waals surface area contributed by atoms with Crippen LogP contribution in [0.5, 0.6) is 11.5 Å². The van der Waals surface area contributed by atoms with Crippen molar-refractivity contribution < 1.29 is 23.4 Å². The Morgan fingerprint density at radius 2 is 1.81 bits per heavy atom. The number of carbonyl (C=O) groups excluding carboxylic acids is 1. The van der Waals surface area contributed by atoms with Gasteiger partial charge in [-0.3, -0.25) is 4.99 Å². The van der Waals surface area contributed by atoms with Crippen LogP contribution < -0.4 is 20.1 Å². The quantitative estimate of drug-likeness (QED) is 0.204. The molecule has 0 saturated heterocycles. The van der Waals surface area contributed by atoms with Gasteiger partial charge in [0, 0.05) is 13.6 Å². The number of methoxy groups -OCH3 is 1. The fourth-order valence-corrected chi connectivity index (χ4v) is 2.91. The van der Waals surface area contributed by atoms with Crippen molar-refractivity contribution >= 4 is 35.9 Å². The Hall–Kier alpha value is -2.43. The molecule has 31 heavy (non-hydrogen) atoms. The topological polar surface area (TPSA) is 94.3 Å². The molecule has 0 unspecified atom stereocenters. The van der Waals surface area contributed by atoms with E-state index in [0.29, 0.717) is 49.3 Å². The standard InChI is InChI=1S/C22H31N3O5.HI/c1-6-28-19-9-8-16(12-20(19)29-7-2)10-11-24-22(23-4)25-14-17-13-18(15(3)30-17)21(26)27-5;/h8-9,12-13H,6-7,10-11,14H2,1-5H3,(H2,23,24,25);1H. The van der Waals surface area contributed by atoms with Crippen molar-refractivity contribution in [3.05, 3.63) is 46.9 Å². The van der Waals surface area contributed by atoms with Gasteiger partial charge < -0.3 is 29.3 Å². The first-order valence-electron chi connectivity index (χ1n) is 10.0. The molecular formula is C22H32IN3O5. The molecule has 2 N–H and O–H groups in total. The summed E-state index contributed by atoms with van der Waals surface area (Å²) in [6, 6.07) is 7.66. The maximum atomic E-state index is 11.7. The first-order valence-corrected chi connectivity index (χ1v) is 10.0. The van der Waals surface area contributed by atoms with Crippen LogP contribution in [0.15, 0.2) is 33.7 Å². The van der Waals surface area contributed by atoms with E-state index in [2.05, 4.69) is 15.6 Å². The van der Waals surface area contributed by atoms with E-state index >= 15 is 0 Å². The van der Waals surface area contributed by atoms with Crippen molar-refractivity contribution in [2.24, 2.45) is 4.99 Å². The van der Waals surface area contributed by atoms with E-state index in [9.17, 15) is 4.79 Å². The second kappa shape index (κ2) is 13.8. The molecule has 1 aromatic carbocycles. The van der Waals surface area contributed by atoms with Gasteiger partial charge in [0.25, 0.3) is 0 Å². The highest BCUT2D eigenvalue weighted by Gasteiger charge is 2.15. The maximum absolute atomic E-state index is 11.7. The van der Waals surface area contributed by atoms with Crippen molar-refractivity contribution in [2.75, 3.05) is 33.9 Å². The van der Waals surface area contributed by atoms with Crippen LogP contribution in [0.2, 0.25) is 0 Å². The highest BCUT2D eigenvalue weighted by atomic mass is 127. The highest BCUT2D eigenvalue weighted by Crippen LogP contribution is 2.28. The van der Waals surface area contributed by atoms with E-state index < -0.39 is 5.97 Å². The third-order valence-corrected chi connectivity index (χ3v) is 4.34. The van der Waals surface area contributed by atoms with Gasteiger partial charge in [-0.25, -0.2) is 4.79 Å². The lowest BCUT2D eigenvalue weighted by Gasteiger charge is -2.14. The largest absolute Gasteiger partial charge is 0.490 e. The number of ether oxygens (including phenoxy) is 3. The predicted octanol–water partition coefficient (Wildman–Crippen LogP) is 3.70. The van der Waals surface area contributed by atoms with E-state index in [1.165, 1.54) is 7.11 Å². The molecule has 9 heteroatoms. The van der Waals surface area contributed by atoms with E-state index in [-0.39, 0.29) is 24.0 Å².